The van der Waals surface area contributed by atoms with Crippen LogP contribution in [0.3, 0.4) is 0 Å². The van der Waals surface area contributed by atoms with Crippen molar-refractivity contribution in [2.45, 2.75) is 68.1 Å². The Balaban J connectivity index is 0.000000199. The molecule has 5 N–H and O–H groups in total. The number of carbonyl (C=O) groups is 3. The number of nitrogen functional groups attached to an aromatic ring is 1. The summed E-state index contributed by atoms with van der Waals surface area (Å²) in [7, 11) is 0. The van der Waals surface area contributed by atoms with E-state index in [1.165, 1.54) is 40.0 Å². The van der Waals surface area contributed by atoms with Gasteiger partial charge in [0.2, 0.25) is 5.91 Å². The number of hydrogen-bond acceptors (Lipinski definition) is 6. The van der Waals surface area contributed by atoms with E-state index in [0.29, 0.717) is 11.1 Å². The van der Waals surface area contributed by atoms with E-state index in [9.17, 15) is 19.5 Å². The molecular weight excluding hydrogens is 677 g/mol. The van der Waals surface area contributed by atoms with Crippen LogP contribution in [0.25, 0.3) is 0 Å². The zero-order chi connectivity index (χ0) is 36.9. The van der Waals surface area contributed by atoms with Crippen molar-refractivity contribution < 1.29 is 24.6 Å². The van der Waals surface area contributed by atoms with Crippen molar-refractivity contribution in [2.24, 2.45) is 0 Å². The first-order valence-electron chi connectivity index (χ1n) is 16.5. The van der Waals surface area contributed by atoms with Crippen molar-refractivity contribution in [1.29, 1.82) is 0 Å². The summed E-state index contributed by atoms with van der Waals surface area (Å²) in [5.41, 5.74) is 12.6. The van der Waals surface area contributed by atoms with Crippen molar-refractivity contribution >= 4 is 52.7 Å². The summed E-state index contributed by atoms with van der Waals surface area (Å²) in [6.45, 7) is 10.4. The Hall–Kier alpha value is -5.09. The quantitative estimate of drug-likeness (QED) is 0.123. The summed E-state index contributed by atoms with van der Waals surface area (Å²) in [5.74, 6) is 12.3. The van der Waals surface area contributed by atoms with Gasteiger partial charge in [-0.15, -0.1) is 23.5 Å². The molecule has 0 atom stereocenters. The molecule has 0 saturated carbocycles. The lowest BCUT2D eigenvalue weighted by atomic mass is 9.81. The van der Waals surface area contributed by atoms with Crippen LogP contribution in [-0.2, 0) is 15.6 Å². The molecule has 0 radical (unpaired) electrons. The fourth-order valence-corrected chi connectivity index (χ4v) is 8.83. The lowest BCUT2D eigenvalue weighted by Gasteiger charge is -2.32. The van der Waals surface area contributed by atoms with Crippen LogP contribution in [0.1, 0.15) is 102 Å². The number of carboxylic acids is 2. The lowest BCUT2D eigenvalue weighted by molar-refractivity contribution is -0.114. The van der Waals surface area contributed by atoms with Crippen molar-refractivity contribution in [3.8, 4) is 23.7 Å². The highest BCUT2D eigenvalue weighted by Gasteiger charge is 2.28. The van der Waals surface area contributed by atoms with E-state index in [4.69, 9.17) is 10.8 Å². The van der Waals surface area contributed by atoms with Gasteiger partial charge in [0.15, 0.2) is 0 Å². The molecule has 0 spiro atoms. The van der Waals surface area contributed by atoms with Crippen LogP contribution >= 0.6 is 23.5 Å². The zero-order valence-electron chi connectivity index (χ0n) is 29.3. The number of thioether (sulfide) groups is 2. The van der Waals surface area contributed by atoms with Gasteiger partial charge >= 0.3 is 11.9 Å². The maximum atomic E-state index is 11.3. The molecule has 51 heavy (non-hydrogen) atoms. The van der Waals surface area contributed by atoms with E-state index in [2.05, 4.69) is 81.0 Å². The third kappa shape index (κ3) is 9.18. The van der Waals surface area contributed by atoms with Crippen LogP contribution in [0, 0.1) is 23.7 Å². The molecule has 4 aromatic carbocycles. The molecule has 9 heteroatoms. The van der Waals surface area contributed by atoms with Crippen LogP contribution in [0.4, 0.5) is 11.4 Å². The van der Waals surface area contributed by atoms with E-state index < -0.39 is 11.9 Å². The molecule has 0 aliphatic carbocycles. The highest BCUT2D eigenvalue weighted by molar-refractivity contribution is 7.99. The van der Waals surface area contributed by atoms with E-state index in [0.717, 1.165) is 35.5 Å². The van der Waals surface area contributed by atoms with E-state index in [-0.39, 0.29) is 39.2 Å². The number of benzene rings is 4. The molecule has 6 rings (SSSR count). The summed E-state index contributed by atoms with van der Waals surface area (Å²) in [4.78, 5) is 36.3. The Morgan fingerprint density at radius 2 is 1.06 bits per heavy atom. The number of carboxylic acid groups (broad SMARTS) is 2. The summed E-state index contributed by atoms with van der Waals surface area (Å²) in [6.07, 6.45) is 2.30. The molecule has 260 valence electrons. The maximum Gasteiger partial charge on any atom is 0.337 e. The Morgan fingerprint density at radius 1 is 0.647 bits per heavy atom. The minimum Gasteiger partial charge on any atom is -0.478 e. The molecule has 2 heterocycles. The van der Waals surface area contributed by atoms with Gasteiger partial charge in [-0.2, -0.15) is 0 Å². The molecule has 2 aliphatic rings. The Labute approximate surface area is 307 Å². The van der Waals surface area contributed by atoms with Crippen molar-refractivity contribution in [2.75, 3.05) is 22.6 Å². The van der Waals surface area contributed by atoms with E-state index in [1.54, 1.807) is 24.3 Å². The first-order valence-corrected chi connectivity index (χ1v) is 18.5. The molecule has 4 aromatic rings. The SMILES string of the molecule is CC(=O)Nc1cc(C#Cc2ccc3c(c2)C(C)(C)CCS3)ccc1C(=O)O.CC1(C)CCSc2ccc(C#Cc3ccc(C(=O)O)c(N)c3)cc21. The largest absolute Gasteiger partial charge is 0.478 e. The third-order valence-electron chi connectivity index (χ3n) is 8.93. The number of fused-ring (bicyclic) bond motifs is 2. The van der Waals surface area contributed by atoms with Gasteiger partial charge in [-0.25, -0.2) is 9.59 Å². The number of hydrogen-bond donors (Lipinski definition) is 4. The van der Waals surface area contributed by atoms with Gasteiger partial charge in [0.05, 0.1) is 16.8 Å². The number of nitrogens with one attached hydrogen (secondary N) is 1. The number of rotatable bonds is 3. The van der Waals surface area contributed by atoms with Gasteiger partial charge in [-0.05, 0) is 119 Å². The zero-order valence-corrected chi connectivity index (χ0v) is 30.9. The second-order valence-corrected chi connectivity index (χ2v) is 16.0. The molecule has 7 nitrogen and oxygen atoms in total. The van der Waals surface area contributed by atoms with Gasteiger partial charge in [-0.1, -0.05) is 51.4 Å². The third-order valence-corrected chi connectivity index (χ3v) is 11.1. The summed E-state index contributed by atoms with van der Waals surface area (Å²) in [5, 5.41) is 20.8. The predicted molar refractivity (Wildman–Crippen MR) is 207 cm³/mol. The molecule has 1 amide bonds. The Kier molecular flexibility index (Phi) is 11.2. The summed E-state index contributed by atoms with van der Waals surface area (Å²) >= 11 is 3.78. The minimum absolute atomic E-state index is 0.0447. The van der Waals surface area contributed by atoms with Gasteiger partial charge in [0.25, 0.3) is 0 Å². The number of amides is 1. The average Bonchev–Trinajstić information content (AvgIpc) is 3.06. The van der Waals surface area contributed by atoms with Crippen LogP contribution in [0.5, 0.6) is 0 Å². The number of carbonyl (C=O) groups excluding carboxylic acids is 1. The van der Waals surface area contributed by atoms with Gasteiger partial charge in [0.1, 0.15) is 0 Å². The molecule has 0 fully saturated rings. The fraction of sp³-hybridized carbons (Fsp3) is 0.262. The molecule has 0 unspecified atom stereocenters. The summed E-state index contributed by atoms with van der Waals surface area (Å²) < 4.78 is 0. The molecule has 0 saturated heterocycles. The smallest absolute Gasteiger partial charge is 0.337 e. The standard InChI is InChI=1S/C22H21NO3S.C20H19NO2S/c1-14(24)23-19-13-16(6-8-17(19)21(25)26)5-4-15-7-9-20-18(12-15)22(2,3)10-11-27-20;1-20(2)9-10-24-18-8-6-13(11-16(18)20)3-4-14-5-7-15(19(22)23)17(21)12-14/h6-9,12-13H,10-11H2,1-3H3,(H,23,24)(H,25,26);5-8,11-12H,9-10,21H2,1-2H3,(H,22,23). The first kappa shape index (κ1) is 37.2. The second kappa shape index (κ2) is 15.4. The van der Waals surface area contributed by atoms with Gasteiger partial charge in [-0.3, -0.25) is 4.79 Å². The van der Waals surface area contributed by atoms with Crippen LogP contribution < -0.4 is 11.1 Å². The predicted octanol–water partition coefficient (Wildman–Crippen LogP) is 8.66. The van der Waals surface area contributed by atoms with Crippen LogP contribution in [-0.4, -0.2) is 39.6 Å². The van der Waals surface area contributed by atoms with E-state index in [1.807, 2.05) is 35.7 Å². The summed E-state index contributed by atoms with van der Waals surface area (Å²) in [6, 6.07) is 22.1. The highest BCUT2D eigenvalue weighted by atomic mass is 32.2. The Bertz CT molecular complexity index is 2170. The number of anilines is 2. The Morgan fingerprint density at radius 3 is 1.49 bits per heavy atom. The number of nitrogens with two attached hydrogens (primary N) is 1. The molecular formula is C42H40N2O5S2. The first-order chi connectivity index (χ1) is 24.1. The van der Waals surface area contributed by atoms with Gasteiger partial charge in [0, 0.05) is 44.7 Å². The van der Waals surface area contributed by atoms with Crippen molar-refractivity contribution in [3.05, 3.63) is 117 Å². The van der Waals surface area contributed by atoms with Gasteiger partial charge < -0.3 is 21.3 Å². The second-order valence-electron chi connectivity index (χ2n) is 13.7. The average molecular weight is 717 g/mol. The lowest BCUT2D eigenvalue weighted by Crippen LogP contribution is -2.22. The maximum absolute atomic E-state index is 11.3. The van der Waals surface area contributed by atoms with Crippen molar-refractivity contribution in [1.82, 2.24) is 0 Å². The topological polar surface area (TPSA) is 130 Å². The number of aromatic carboxylic acids is 2. The van der Waals surface area contributed by atoms with Crippen LogP contribution in [0.15, 0.2) is 82.6 Å². The fourth-order valence-electron chi connectivity index (χ4n) is 5.85. The monoisotopic (exact) mass is 716 g/mol. The van der Waals surface area contributed by atoms with Crippen molar-refractivity contribution in [3.63, 3.8) is 0 Å². The normalized spacial score (nSPS) is 14.8. The van der Waals surface area contributed by atoms with E-state index >= 15 is 0 Å². The highest BCUT2D eigenvalue weighted by Crippen LogP contribution is 2.42. The minimum atomic E-state index is -1.09. The molecule has 0 bridgehead atoms. The molecule has 0 aromatic heterocycles. The van der Waals surface area contributed by atoms with Crippen LogP contribution in [0.2, 0.25) is 0 Å². The molecule has 2 aliphatic heterocycles.